The van der Waals surface area contributed by atoms with Crippen molar-refractivity contribution in [2.24, 2.45) is 0 Å². The number of aliphatic hydroxyl groups is 1. The van der Waals surface area contributed by atoms with Crippen molar-refractivity contribution in [2.45, 2.75) is 71.3 Å². The fourth-order valence-electron chi connectivity index (χ4n) is 1.56. The quantitative estimate of drug-likeness (QED) is 0.597. The van der Waals surface area contributed by atoms with Crippen molar-refractivity contribution in [2.75, 3.05) is 6.54 Å². The molecule has 0 aromatic heterocycles. The minimum Gasteiger partial charge on any atom is -0.388 e. The summed E-state index contributed by atoms with van der Waals surface area (Å²) < 4.78 is 0. The lowest BCUT2D eigenvalue weighted by atomic mass is 9.97. The maximum absolute atomic E-state index is 11.5. The Labute approximate surface area is 99.6 Å². The molecule has 0 fully saturated rings. The highest BCUT2D eigenvalue weighted by molar-refractivity contribution is 5.75. The topological polar surface area (TPSA) is 49.3 Å². The first-order chi connectivity index (χ1) is 7.58. The molecule has 0 atom stereocenters. The summed E-state index contributed by atoms with van der Waals surface area (Å²) >= 11 is 0. The molecule has 0 spiro atoms. The summed E-state index contributed by atoms with van der Waals surface area (Å²) in [5.41, 5.74) is -0.723. The summed E-state index contributed by atoms with van der Waals surface area (Å²) in [4.78, 5) is 11.5. The number of rotatable bonds is 9. The molecule has 0 aromatic carbocycles. The Morgan fingerprint density at radius 2 is 1.75 bits per heavy atom. The summed E-state index contributed by atoms with van der Waals surface area (Å²) in [7, 11) is 0. The van der Waals surface area contributed by atoms with Crippen LogP contribution in [0, 0.1) is 0 Å². The van der Waals surface area contributed by atoms with Gasteiger partial charge >= 0.3 is 0 Å². The van der Waals surface area contributed by atoms with Crippen LogP contribution in [-0.2, 0) is 4.79 Å². The van der Waals surface area contributed by atoms with Crippen molar-refractivity contribution < 1.29 is 9.90 Å². The molecule has 0 aliphatic rings. The average molecular weight is 229 g/mol. The van der Waals surface area contributed by atoms with E-state index in [1.807, 2.05) is 13.8 Å². The molecule has 1 amide bonds. The van der Waals surface area contributed by atoms with Crippen LogP contribution in [0.4, 0.5) is 0 Å². The fourth-order valence-corrected chi connectivity index (χ4v) is 1.56. The lowest BCUT2D eigenvalue weighted by Crippen LogP contribution is -2.41. The predicted octanol–water partition coefficient (Wildman–Crippen LogP) is 2.62. The highest BCUT2D eigenvalue weighted by atomic mass is 16.3. The first-order valence-electron chi connectivity index (χ1n) is 6.57. The number of hydrogen-bond donors (Lipinski definition) is 2. The number of unbranched alkanes of at least 4 members (excludes halogenated alkanes) is 3. The Morgan fingerprint density at radius 3 is 2.25 bits per heavy atom. The third-order valence-electron chi connectivity index (χ3n) is 3.19. The van der Waals surface area contributed by atoms with E-state index in [0.717, 1.165) is 12.8 Å². The van der Waals surface area contributed by atoms with Crippen LogP contribution in [0.1, 0.15) is 65.7 Å². The van der Waals surface area contributed by atoms with Gasteiger partial charge in [0.05, 0.1) is 5.60 Å². The second-order valence-electron chi connectivity index (χ2n) is 4.52. The van der Waals surface area contributed by atoms with E-state index >= 15 is 0 Å². The first kappa shape index (κ1) is 15.4. The summed E-state index contributed by atoms with van der Waals surface area (Å²) in [6.07, 6.45) is 6.41. The van der Waals surface area contributed by atoms with Crippen molar-refractivity contribution in [3.63, 3.8) is 0 Å². The molecule has 2 N–H and O–H groups in total. The van der Waals surface area contributed by atoms with Gasteiger partial charge < -0.3 is 10.4 Å². The Morgan fingerprint density at radius 1 is 1.12 bits per heavy atom. The molecule has 3 heteroatoms. The van der Waals surface area contributed by atoms with Crippen molar-refractivity contribution in [1.82, 2.24) is 5.32 Å². The largest absolute Gasteiger partial charge is 0.388 e. The normalized spacial score (nSPS) is 11.5. The monoisotopic (exact) mass is 229 g/mol. The van der Waals surface area contributed by atoms with Gasteiger partial charge in [-0.15, -0.1) is 0 Å². The second-order valence-corrected chi connectivity index (χ2v) is 4.52. The highest BCUT2D eigenvalue weighted by Crippen LogP contribution is 2.13. The Kier molecular flexibility index (Phi) is 8.26. The fraction of sp³-hybridized carbons (Fsp3) is 0.923. The van der Waals surface area contributed by atoms with E-state index < -0.39 is 5.60 Å². The summed E-state index contributed by atoms with van der Waals surface area (Å²) in [5, 5.41) is 12.8. The molecular weight excluding hydrogens is 202 g/mol. The second kappa shape index (κ2) is 8.57. The summed E-state index contributed by atoms with van der Waals surface area (Å²) in [6, 6.07) is 0. The molecule has 3 nitrogen and oxygen atoms in total. The van der Waals surface area contributed by atoms with E-state index in [4.69, 9.17) is 0 Å². The molecule has 0 saturated heterocycles. The van der Waals surface area contributed by atoms with Gasteiger partial charge in [-0.25, -0.2) is 0 Å². The molecule has 0 unspecified atom stereocenters. The third-order valence-corrected chi connectivity index (χ3v) is 3.19. The minimum absolute atomic E-state index is 0.0661. The van der Waals surface area contributed by atoms with Crippen LogP contribution in [0.3, 0.4) is 0 Å². The molecule has 0 aliphatic carbocycles. The van der Waals surface area contributed by atoms with Gasteiger partial charge in [-0.05, 0) is 19.3 Å². The standard InChI is InChI=1S/C13H27NO2/c1-4-7-8-9-10-12(15)14-11-13(16,5-2)6-3/h16H,4-11H2,1-3H3,(H,14,15). The number of nitrogens with one attached hydrogen (secondary N) is 1. The first-order valence-corrected chi connectivity index (χ1v) is 6.57. The molecule has 0 radical (unpaired) electrons. The van der Waals surface area contributed by atoms with E-state index in [9.17, 15) is 9.90 Å². The molecule has 0 aromatic rings. The Balaban J connectivity index is 3.64. The SMILES string of the molecule is CCCCCCC(=O)NCC(O)(CC)CC. The van der Waals surface area contributed by atoms with Crippen molar-refractivity contribution in [3.05, 3.63) is 0 Å². The number of carbonyl (C=O) groups excluding carboxylic acids is 1. The van der Waals surface area contributed by atoms with Gasteiger partial charge in [0, 0.05) is 13.0 Å². The van der Waals surface area contributed by atoms with Crippen LogP contribution in [0.25, 0.3) is 0 Å². The zero-order valence-electron chi connectivity index (χ0n) is 11.0. The zero-order chi connectivity index (χ0) is 12.4. The van der Waals surface area contributed by atoms with E-state index in [0.29, 0.717) is 25.8 Å². The van der Waals surface area contributed by atoms with E-state index in [1.54, 1.807) is 0 Å². The molecule has 0 rings (SSSR count). The van der Waals surface area contributed by atoms with Crippen LogP contribution in [0.2, 0.25) is 0 Å². The van der Waals surface area contributed by atoms with Gasteiger partial charge in [0.25, 0.3) is 0 Å². The molecule has 0 aliphatic heterocycles. The number of amides is 1. The van der Waals surface area contributed by atoms with Crippen LogP contribution >= 0.6 is 0 Å². The van der Waals surface area contributed by atoms with Gasteiger partial charge in [0.15, 0.2) is 0 Å². The van der Waals surface area contributed by atoms with Crippen molar-refractivity contribution in [3.8, 4) is 0 Å². The van der Waals surface area contributed by atoms with Crippen LogP contribution in [0.5, 0.6) is 0 Å². The van der Waals surface area contributed by atoms with Gasteiger partial charge in [0.1, 0.15) is 0 Å². The third kappa shape index (κ3) is 6.83. The maximum Gasteiger partial charge on any atom is 0.220 e. The average Bonchev–Trinajstić information content (AvgIpc) is 2.31. The Bertz CT molecular complexity index is 188. The summed E-state index contributed by atoms with van der Waals surface area (Å²) in [5.74, 6) is 0.0661. The molecule has 0 heterocycles. The van der Waals surface area contributed by atoms with E-state index in [-0.39, 0.29) is 5.91 Å². The number of hydrogen-bond acceptors (Lipinski definition) is 2. The molecule has 16 heavy (non-hydrogen) atoms. The van der Waals surface area contributed by atoms with Gasteiger partial charge in [0.2, 0.25) is 5.91 Å². The minimum atomic E-state index is -0.723. The van der Waals surface area contributed by atoms with Crippen LogP contribution in [-0.4, -0.2) is 23.2 Å². The van der Waals surface area contributed by atoms with Crippen LogP contribution < -0.4 is 5.32 Å². The lowest BCUT2D eigenvalue weighted by molar-refractivity contribution is -0.122. The molecule has 96 valence electrons. The van der Waals surface area contributed by atoms with Gasteiger partial charge in [-0.3, -0.25) is 4.79 Å². The zero-order valence-corrected chi connectivity index (χ0v) is 11.0. The smallest absolute Gasteiger partial charge is 0.220 e. The maximum atomic E-state index is 11.5. The molecule has 0 saturated carbocycles. The van der Waals surface area contributed by atoms with E-state index in [2.05, 4.69) is 12.2 Å². The van der Waals surface area contributed by atoms with Gasteiger partial charge in [-0.2, -0.15) is 0 Å². The predicted molar refractivity (Wildman–Crippen MR) is 67.3 cm³/mol. The lowest BCUT2D eigenvalue weighted by Gasteiger charge is -2.25. The van der Waals surface area contributed by atoms with E-state index in [1.165, 1.54) is 12.8 Å². The highest BCUT2D eigenvalue weighted by Gasteiger charge is 2.22. The molecular formula is C13H27NO2. The van der Waals surface area contributed by atoms with Crippen molar-refractivity contribution in [1.29, 1.82) is 0 Å². The Hall–Kier alpha value is -0.570. The van der Waals surface area contributed by atoms with Gasteiger partial charge in [-0.1, -0.05) is 40.0 Å². The molecule has 0 bridgehead atoms. The number of carbonyl (C=O) groups is 1. The van der Waals surface area contributed by atoms with Crippen LogP contribution in [0.15, 0.2) is 0 Å². The van der Waals surface area contributed by atoms with Crippen molar-refractivity contribution >= 4 is 5.91 Å². The summed E-state index contributed by atoms with van der Waals surface area (Å²) in [6.45, 7) is 6.42.